The predicted octanol–water partition coefficient (Wildman–Crippen LogP) is 4.02. The van der Waals surface area contributed by atoms with Crippen molar-refractivity contribution >= 4 is 16.5 Å². The Morgan fingerprint density at radius 3 is 2.15 bits per heavy atom. The quantitative estimate of drug-likeness (QED) is 0.728. The topological polar surface area (TPSA) is 45.4 Å². The van der Waals surface area contributed by atoms with Crippen LogP contribution in [0.4, 0.5) is 5.13 Å². The van der Waals surface area contributed by atoms with Crippen LogP contribution in [0.25, 0.3) is 0 Å². The van der Waals surface area contributed by atoms with E-state index >= 15 is 0 Å². The van der Waals surface area contributed by atoms with Gasteiger partial charge in [-0.2, -0.15) is 0 Å². The van der Waals surface area contributed by atoms with Crippen molar-refractivity contribution in [1.82, 2.24) is 14.8 Å². The van der Waals surface area contributed by atoms with Crippen LogP contribution in [0.5, 0.6) is 0 Å². The van der Waals surface area contributed by atoms with Gasteiger partial charge in [0.05, 0.1) is 11.7 Å². The minimum Gasteiger partial charge on any atom is -0.375 e. The SMILES string of the molecule is Nc1nc(CN2CCCN(C(c3ccccc3)c3ccccc3)CC2)cs1. The second-order valence-electron chi connectivity index (χ2n) is 7.07. The van der Waals surface area contributed by atoms with Crippen molar-refractivity contribution in [2.75, 3.05) is 31.9 Å². The molecule has 140 valence electrons. The van der Waals surface area contributed by atoms with E-state index in [0.29, 0.717) is 11.2 Å². The Kier molecular flexibility index (Phi) is 5.82. The van der Waals surface area contributed by atoms with Crippen LogP contribution in [0.1, 0.15) is 29.3 Å². The largest absolute Gasteiger partial charge is 0.375 e. The van der Waals surface area contributed by atoms with Gasteiger partial charge in [0.2, 0.25) is 0 Å². The third-order valence-corrected chi connectivity index (χ3v) is 5.90. The lowest BCUT2D eigenvalue weighted by atomic mass is 9.97. The summed E-state index contributed by atoms with van der Waals surface area (Å²) >= 11 is 1.53. The highest BCUT2D eigenvalue weighted by atomic mass is 32.1. The van der Waals surface area contributed by atoms with Crippen molar-refractivity contribution in [2.24, 2.45) is 0 Å². The number of nitrogens with two attached hydrogens (primary N) is 1. The Balaban J connectivity index is 1.51. The Hall–Kier alpha value is -2.21. The van der Waals surface area contributed by atoms with E-state index in [4.69, 9.17) is 5.73 Å². The molecule has 0 bridgehead atoms. The first-order chi connectivity index (χ1) is 13.3. The molecule has 1 fully saturated rings. The smallest absolute Gasteiger partial charge is 0.180 e. The lowest BCUT2D eigenvalue weighted by molar-refractivity contribution is 0.220. The van der Waals surface area contributed by atoms with E-state index < -0.39 is 0 Å². The Bertz CT molecular complexity index is 794. The summed E-state index contributed by atoms with van der Waals surface area (Å²) in [7, 11) is 0. The highest BCUT2D eigenvalue weighted by Crippen LogP contribution is 2.29. The molecule has 0 saturated carbocycles. The van der Waals surface area contributed by atoms with E-state index in [0.717, 1.165) is 44.8 Å². The monoisotopic (exact) mass is 378 g/mol. The normalized spacial score (nSPS) is 16.5. The van der Waals surface area contributed by atoms with Crippen molar-refractivity contribution in [3.63, 3.8) is 0 Å². The van der Waals surface area contributed by atoms with Crippen molar-refractivity contribution in [1.29, 1.82) is 0 Å². The third kappa shape index (κ3) is 4.56. The number of hydrogen-bond acceptors (Lipinski definition) is 5. The first kappa shape index (κ1) is 18.2. The lowest BCUT2D eigenvalue weighted by Crippen LogP contribution is -2.34. The Morgan fingerprint density at radius 1 is 0.889 bits per heavy atom. The molecule has 0 radical (unpaired) electrons. The Morgan fingerprint density at radius 2 is 1.56 bits per heavy atom. The number of benzene rings is 2. The molecule has 1 aliphatic heterocycles. The number of nitrogen functional groups attached to an aromatic ring is 1. The standard InChI is InChI=1S/C22H26N4S/c23-22-24-20(17-27-22)16-25-12-7-13-26(15-14-25)21(18-8-3-1-4-9-18)19-10-5-2-6-11-19/h1-6,8-11,17,21H,7,12-16H2,(H2,23,24). The fourth-order valence-electron chi connectivity index (χ4n) is 3.92. The number of rotatable bonds is 5. The van der Waals surface area contributed by atoms with Gasteiger partial charge in [-0.15, -0.1) is 11.3 Å². The van der Waals surface area contributed by atoms with Crippen molar-refractivity contribution < 1.29 is 0 Å². The van der Waals surface area contributed by atoms with Gasteiger partial charge in [-0.05, 0) is 24.1 Å². The summed E-state index contributed by atoms with van der Waals surface area (Å²) in [5, 5.41) is 2.74. The van der Waals surface area contributed by atoms with E-state index in [1.807, 2.05) is 0 Å². The molecule has 2 aromatic carbocycles. The third-order valence-electron chi connectivity index (χ3n) is 5.17. The van der Waals surface area contributed by atoms with Crippen molar-refractivity contribution in [3.05, 3.63) is 82.9 Å². The maximum absolute atomic E-state index is 5.79. The number of anilines is 1. The van der Waals surface area contributed by atoms with Gasteiger partial charge in [-0.25, -0.2) is 4.98 Å². The van der Waals surface area contributed by atoms with Gasteiger partial charge in [-0.3, -0.25) is 9.80 Å². The molecule has 3 aromatic rings. The van der Waals surface area contributed by atoms with E-state index in [1.165, 1.54) is 22.5 Å². The molecule has 2 heterocycles. The molecule has 4 nitrogen and oxygen atoms in total. The number of thiazole rings is 1. The summed E-state index contributed by atoms with van der Waals surface area (Å²) in [6.45, 7) is 5.19. The maximum Gasteiger partial charge on any atom is 0.180 e. The van der Waals surface area contributed by atoms with Crippen LogP contribution in [0, 0.1) is 0 Å². The van der Waals surface area contributed by atoms with Crippen LogP contribution in [-0.4, -0.2) is 41.0 Å². The zero-order valence-electron chi connectivity index (χ0n) is 15.5. The van der Waals surface area contributed by atoms with Crippen LogP contribution in [-0.2, 0) is 6.54 Å². The van der Waals surface area contributed by atoms with Crippen LogP contribution in [0.3, 0.4) is 0 Å². The fourth-order valence-corrected chi connectivity index (χ4v) is 4.47. The molecule has 0 amide bonds. The van der Waals surface area contributed by atoms with Crippen molar-refractivity contribution in [3.8, 4) is 0 Å². The molecule has 1 aliphatic rings. The number of nitrogens with zero attached hydrogens (tertiary/aromatic N) is 3. The lowest BCUT2D eigenvalue weighted by Gasteiger charge is -2.31. The summed E-state index contributed by atoms with van der Waals surface area (Å²) in [5.74, 6) is 0. The molecular formula is C22H26N4S. The second kappa shape index (κ2) is 8.65. The predicted molar refractivity (Wildman–Crippen MR) is 113 cm³/mol. The molecule has 1 aromatic heterocycles. The van der Waals surface area contributed by atoms with Crippen molar-refractivity contribution in [2.45, 2.75) is 19.0 Å². The van der Waals surface area contributed by atoms with Gasteiger partial charge in [-0.1, -0.05) is 60.7 Å². The maximum atomic E-state index is 5.79. The first-order valence-electron chi connectivity index (χ1n) is 9.56. The number of hydrogen-bond donors (Lipinski definition) is 1. The Labute approximate surface area is 165 Å². The highest BCUT2D eigenvalue weighted by molar-refractivity contribution is 7.13. The minimum atomic E-state index is 0.308. The van der Waals surface area contributed by atoms with Gasteiger partial charge in [0.1, 0.15) is 0 Å². The molecular weight excluding hydrogens is 352 g/mol. The average Bonchev–Trinajstić information content (AvgIpc) is 2.98. The molecule has 2 N–H and O–H groups in total. The van der Waals surface area contributed by atoms with Gasteiger partial charge in [0, 0.05) is 31.6 Å². The van der Waals surface area contributed by atoms with Crippen LogP contribution < -0.4 is 5.73 Å². The highest BCUT2D eigenvalue weighted by Gasteiger charge is 2.25. The van der Waals surface area contributed by atoms with Gasteiger partial charge < -0.3 is 5.73 Å². The molecule has 0 unspecified atom stereocenters. The van der Waals surface area contributed by atoms with Crippen LogP contribution in [0.15, 0.2) is 66.0 Å². The molecule has 27 heavy (non-hydrogen) atoms. The number of aromatic nitrogens is 1. The van der Waals surface area contributed by atoms with E-state index in [-0.39, 0.29) is 0 Å². The fraction of sp³-hybridized carbons (Fsp3) is 0.318. The molecule has 0 aliphatic carbocycles. The summed E-state index contributed by atoms with van der Waals surface area (Å²) in [4.78, 5) is 9.55. The van der Waals surface area contributed by atoms with E-state index in [2.05, 4.69) is 80.8 Å². The minimum absolute atomic E-state index is 0.308. The summed E-state index contributed by atoms with van der Waals surface area (Å²) in [5.41, 5.74) is 9.61. The molecule has 0 spiro atoms. The van der Waals surface area contributed by atoms with E-state index in [1.54, 1.807) is 0 Å². The summed E-state index contributed by atoms with van der Waals surface area (Å²) < 4.78 is 0. The average molecular weight is 379 g/mol. The first-order valence-corrected chi connectivity index (χ1v) is 10.4. The van der Waals surface area contributed by atoms with Crippen LogP contribution >= 0.6 is 11.3 Å². The second-order valence-corrected chi connectivity index (χ2v) is 7.96. The zero-order valence-corrected chi connectivity index (χ0v) is 16.3. The zero-order chi connectivity index (χ0) is 18.5. The van der Waals surface area contributed by atoms with Gasteiger partial charge >= 0.3 is 0 Å². The molecule has 0 atom stereocenters. The van der Waals surface area contributed by atoms with E-state index in [9.17, 15) is 0 Å². The summed E-state index contributed by atoms with van der Waals surface area (Å²) in [6.07, 6.45) is 1.16. The van der Waals surface area contributed by atoms with Gasteiger partial charge in [0.25, 0.3) is 0 Å². The van der Waals surface area contributed by atoms with Gasteiger partial charge in [0.15, 0.2) is 5.13 Å². The summed E-state index contributed by atoms with van der Waals surface area (Å²) in [6, 6.07) is 22.0. The molecule has 1 saturated heterocycles. The molecule has 4 rings (SSSR count). The van der Waals surface area contributed by atoms with Crippen LogP contribution in [0.2, 0.25) is 0 Å². The molecule has 5 heteroatoms.